The fourth-order valence-electron chi connectivity index (χ4n) is 1.79. The van der Waals surface area contributed by atoms with Crippen molar-refractivity contribution in [3.8, 4) is 0 Å². The van der Waals surface area contributed by atoms with Crippen molar-refractivity contribution in [3.05, 3.63) is 29.0 Å². The van der Waals surface area contributed by atoms with Gasteiger partial charge in [-0.2, -0.15) is 0 Å². The number of hydrogen-bond acceptors (Lipinski definition) is 3. The number of rotatable bonds is 2. The molecule has 0 spiro atoms. The minimum Gasteiger partial charge on any atom is -0.333 e. The molecule has 0 amide bonds. The summed E-state index contributed by atoms with van der Waals surface area (Å²) in [4.78, 5) is 4.61. The third-order valence-corrected chi connectivity index (χ3v) is 4.03. The summed E-state index contributed by atoms with van der Waals surface area (Å²) in [6.45, 7) is 4.31. The van der Waals surface area contributed by atoms with Gasteiger partial charge in [0.1, 0.15) is 5.82 Å². The lowest BCUT2D eigenvalue weighted by Crippen LogP contribution is -2.24. The predicted molar refractivity (Wildman–Crippen MR) is 78.2 cm³/mol. The molecule has 2 nitrogen and oxygen atoms in total. The summed E-state index contributed by atoms with van der Waals surface area (Å²) in [7, 11) is 0. The maximum Gasteiger partial charge on any atom is 0.161 e. The van der Waals surface area contributed by atoms with Crippen LogP contribution >= 0.6 is 23.4 Å². The zero-order chi connectivity index (χ0) is 13.1. The number of hydrogen-bond donors (Lipinski definition) is 1. The van der Waals surface area contributed by atoms with E-state index in [-0.39, 0.29) is 5.82 Å². The summed E-state index contributed by atoms with van der Waals surface area (Å²) < 4.78 is 13.6. The van der Waals surface area contributed by atoms with Gasteiger partial charge in [-0.1, -0.05) is 37.2 Å². The Morgan fingerprint density at radius 2 is 2.28 bits per heavy atom. The second kappa shape index (κ2) is 5.93. The molecule has 0 radical (unpaired) electrons. The Hall–Kier alpha value is -0.740. The number of nitrogens with zero attached hydrogens (tertiary/aromatic N) is 1. The summed E-state index contributed by atoms with van der Waals surface area (Å²) in [5, 5.41) is 4.32. The van der Waals surface area contributed by atoms with E-state index in [2.05, 4.69) is 24.2 Å². The number of amidine groups is 1. The molecule has 0 aromatic heterocycles. The lowest BCUT2D eigenvalue weighted by Gasteiger charge is -2.23. The molecule has 0 saturated heterocycles. The Kier molecular flexibility index (Phi) is 4.51. The second-order valence-electron chi connectivity index (χ2n) is 4.63. The van der Waals surface area contributed by atoms with Crippen LogP contribution < -0.4 is 5.32 Å². The van der Waals surface area contributed by atoms with Gasteiger partial charge in [0.05, 0.1) is 11.7 Å². The van der Waals surface area contributed by atoms with E-state index in [9.17, 15) is 4.39 Å². The predicted octanol–water partition coefficient (Wildman–Crippen LogP) is 4.41. The zero-order valence-corrected chi connectivity index (χ0v) is 12.0. The minimum absolute atomic E-state index is 0.311. The quantitative estimate of drug-likeness (QED) is 0.871. The van der Waals surface area contributed by atoms with Gasteiger partial charge >= 0.3 is 0 Å². The molecule has 2 rings (SSSR count). The van der Waals surface area contributed by atoms with Crippen LogP contribution in [0.3, 0.4) is 0 Å². The van der Waals surface area contributed by atoms with Gasteiger partial charge in [-0.15, -0.1) is 0 Å². The molecule has 1 aromatic rings. The number of anilines is 1. The van der Waals surface area contributed by atoms with Gasteiger partial charge < -0.3 is 5.32 Å². The molecule has 5 heteroatoms. The highest BCUT2D eigenvalue weighted by molar-refractivity contribution is 8.14. The van der Waals surface area contributed by atoms with Crippen molar-refractivity contribution in [2.45, 2.75) is 26.3 Å². The normalized spacial score (nSPS) is 19.8. The van der Waals surface area contributed by atoms with E-state index in [0.717, 1.165) is 17.3 Å². The van der Waals surface area contributed by atoms with Crippen molar-refractivity contribution in [1.82, 2.24) is 0 Å². The number of halogens is 2. The van der Waals surface area contributed by atoms with Crippen LogP contribution in [0.5, 0.6) is 0 Å². The van der Waals surface area contributed by atoms with E-state index in [1.165, 1.54) is 12.1 Å². The number of nitrogens with one attached hydrogen (secondary N) is 1. The molecular formula is C13H16ClFN2S. The van der Waals surface area contributed by atoms with Gasteiger partial charge in [0.25, 0.3) is 0 Å². The highest BCUT2D eigenvalue weighted by Crippen LogP contribution is 2.26. The van der Waals surface area contributed by atoms with Crippen molar-refractivity contribution >= 4 is 34.2 Å². The monoisotopic (exact) mass is 286 g/mol. The van der Waals surface area contributed by atoms with E-state index >= 15 is 0 Å². The number of aliphatic imine (C=N–C) groups is 1. The summed E-state index contributed by atoms with van der Waals surface area (Å²) in [5.41, 5.74) is 0.387. The van der Waals surface area contributed by atoms with Gasteiger partial charge in [0.15, 0.2) is 5.17 Å². The lowest BCUT2D eigenvalue weighted by atomic mass is 10.0. The van der Waals surface area contributed by atoms with E-state index in [4.69, 9.17) is 11.6 Å². The number of thioether (sulfide) groups is 1. The first kappa shape index (κ1) is 13.7. The average Bonchev–Trinajstić information content (AvgIpc) is 2.34. The van der Waals surface area contributed by atoms with Crippen molar-refractivity contribution in [3.63, 3.8) is 0 Å². The maximum absolute atomic E-state index is 13.6. The molecule has 18 heavy (non-hydrogen) atoms. The van der Waals surface area contributed by atoms with Crippen LogP contribution in [-0.2, 0) is 0 Å². The summed E-state index contributed by atoms with van der Waals surface area (Å²) in [6.07, 6.45) is 1.07. The fraction of sp³-hybridized carbons (Fsp3) is 0.462. The SMILES string of the molecule is CC(C)C1CCSC(Nc2cc(Cl)ccc2F)=N1. The molecule has 1 heterocycles. The van der Waals surface area contributed by atoms with Crippen LogP contribution in [0, 0.1) is 11.7 Å². The summed E-state index contributed by atoms with van der Waals surface area (Å²) >= 11 is 7.48. The third kappa shape index (κ3) is 3.39. The molecule has 1 aromatic carbocycles. The van der Waals surface area contributed by atoms with Crippen LogP contribution in [0.1, 0.15) is 20.3 Å². The molecule has 0 aliphatic carbocycles. The van der Waals surface area contributed by atoms with Crippen LogP contribution in [0.2, 0.25) is 5.02 Å². The molecule has 98 valence electrons. The van der Waals surface area contributed by atoms with Crippen LogP contribution in [0.4, 0.5) is 10.1 Å². The number of benzene rings is 1. The fourth-order valence-corrected chi connectivity index (χ4v) is 2.90. The average molecular weight is 287 g/mol. The summed E-state index contributed by atoms with van der Waals surface area (Å²) in [5.74, 6) is 1.21. The molecule has 1 unspecified atom stereocenters. The molecule has 1 aliphatic rings. The van der Waals surface area contributed by atoms with E-state index < -0.39 is 0 Å². The lowest BCUT2D eigenvalue weighted by molar-refractivity contribution is 0.485. The first-order valence-electron chi connectivity index (χ1n) is 5.99. The molecule has 0 bridgehead atoms. The largest absolute Gasteiger partial charge is 0.333 e. The van der Waals surface area contributed by atoms with Gasteiger partial charge in [-0.05, 0) is 30.5 Å². The van der Waals surface area contributed by atoms with E-state index in [0.29, 0.717) is 22.7 Å². The molecular weight excluding hydrogens is 271 g/mol. The Labute approximate surface area is 116 Å². The standard InChI is InChI=1S/C13H16ClFN2S/c1-8(2)11-5-6-18-13(16-11)17-12-7-9(14)3-4-10(12)15/h3-4,7-8,11H,5-6H2,1-2H3,(H,16,17). The van der Waals surface area contributed by atoms with E-state index in [1.54, 1.807) is 17.8 Å². The maximum atomic E-state index is 13.6. The summed E-state index contributed by atoms with van der Waals surface area (Å²) in [6, 6.07) is 4.79. The van der Waals surface area contributed by atoms with Gasteiger partial charge in [-0.25, -0.2) is 4.39 Å². The van der Waals surface area contributed by atoms with E-state index in [1.807, 2.05) is 0 Å². The first-order chi connectivity index (χ1) is 8.56. The molecule has 0 saturated carbocycles. The van der Waals surface area contributed by atoms with Gasteiger partial charge in [0, 0.05) is 10.8 Å². The zero-order valence-electron chi connectivity index (χ0n) is 10.4. The molecule has 0 fully saturated rings. The van der Waals surface area contributed by atoms with Crippen molar-refractivity contribution in [1.29, 1.82) is 0 Å². The highest BCUT2D eigenvalue weighted by atomic mass is 35.5. The first-order valence-corrected chi connectivity index (χ1v) is 7.35. The minimum atomic E-state index is -0.311. The Morgan fingerprint density at radius 1 is 1.50 bits per heavy atom. The van der Waals surface area contributed by atoms with Crippen LogP contribution in [-0.4, -0.2) is 17.0 Å². The smallest absolute Gasteiger partial charge is 0.161 e. The molecule has 1 N–H and O–H groups in total. The second-order valence-corrected chi connectivity index (χ2v) is 6.15. The molecule has 1 atom stereocenters. The Morgan fingerprint density at radius 3 is 3.00 bits per heavy atom. The third-order valence-electron chi connectivity index (χ3n) is 2.88. The van der Waals surface area contributed by atoms with Crippen molar-refractivity contribution < 1.29 is 4.39 Å². The van der Waals surface area contributed by atoms with Crippen molar-refractivity contribution in [2.24, 2.45) is 10.9 Å². The topological polar surface area (TPSA) is 24.4 Å². The molecule has 1 aliphatic heterocycles. The van der Waals surface area contributed by atoms with Gasteiger partial charge in [-0.3, -0.25) is 4.99 Å². The van der Waals surface area contributed by atoms with Crippen LogP contribution in [0.25, 0.3) is 0 Å². The van der Waals surface area contributed by atoms with Crippen molar-refractivity contribution in [2.75, 3.05) is 11.1 Å². The Balaban J connectivity index is 2.15. The highest BCUT2D eigenvalue weighted by Gasteiger charge is 2.19. The van der Waals surface area contributed by atoms with Crippen LogP contribution in [0.15, 0.2) is 23.2 Å². The Bertz CT molecular complexity index is 462. The van der Waals surface area contributed by atoms with Gasteiger partial charge in [0.2, 0.25) is 0 Å².